The van der Waals surface area contributed by atoms with E-state index in [-0.39, 0.29) is 5.91 Å². The van der Waals surface area contributed by atoms with E-state index in [1.54, 1.807) is 42.5 Å². The monoisotopic (exact) mass is 325 g/mol. The van der Waals surface area contributed by atoms with Crippen molar-refractivity contribution in [2.45, 2.75) is 6.92 Å². The van der Waals surface area contributed by atoms with E-state index in [4.69, 9.17) is 4.74 Å². The Morgan fingerprint density at radius 3 is 2.50 bits per heavy atom. The molecular weight excluding hydrogens is 306 g/mol. The molecule has 0 aliphatic heterocycles. The number of amides is 1. The van der Waals surface area contributed by atoms with Crippen molar-refractivity contribution in [2.75, 3.05) is 19.0 Å². The molecule has 5 heteroatoms. The third kappa shape index (κ3) is 4.71. The van der Waals surface area contributed by atoms with Gasteiger partial charge in [0.05, 0.1) is 12.7 Å². The number of carbonyl (C=O) groups is 2. The van der Waals surface area contributed by atoms with Crippen molar-refractivity contribution >= 4 is 17.6 Å². The molecule has 0 saturated heterocycles. The van der Waals surface area contributed by atoms with Crippen LogP contribution in [0.2, 0.25) is 0 Å². The summed E-state index contributed by atoms with van der Waals surface area (Å²) in [5.41, 5.74) is 2.20. The maximum absolute atomic E-state index is 12.3. The smallest absolute Gasteiger partial charge is 0.337 e. The van der Waals surface area contributed by atoms with Gasteiger partial charge in [0.15, 0.2) is 0 Å². The Labute approximate surface area is 140 Å². The Kier molecular flexibility index (Phi) is 5.73. The molecular formula is C19H19NO4. The molecule has 1 N–H and O–H groups in total. The fourth-order valence-corrected chi connectivity index (χ4v) is 1.98. The minimum atomic E-state index is -0.486. The lowest BCUT2D eigenvalue weighted by Gasteiger charge is -2.09. The second-order valence-corrected chi connectivity index (χ2v) is 5.30. The van der Waals surface area contributed by atoms with Gasteiger partial charge in [-0.15, -0.1) is 0 Å². The molecule has 0 unspecified atom stereocenters. The van der Waals surface area contributed by atoms with E-state index in [9.17, 15) is 9.59 Å². The molecule has 0 saturated carbocycles. The van der Waals surface area contributed by atoms with Crippen LogP contribution in [0.3, 0.4) is 0 Å². The third-order valence-corrected chi connectivity index (χ3v) is 3.12. The molecule has 2 aromatic carbocycles. The maximum atomic E-state index is 12.3. The van der Waals surface area contributed by atoms with Gasteiger partial charge in [-0.1, -0.05) is 18.7 Å². The molecule has 2 aromatic rings. The average molecular weight is 325 g/mol. The van der Waals surface area contributed by atoms with Crippen molar-refractivity contribution in [1.82, 2.24) is 0 Å². The lowest BCUT2D eigenvalue weighted by molar-refractivity contribution is 0.0600. The zero-order valence-corrected chi connectivity index (χ0v) is 13.7. The van der Waals surface area contributed by atoms with Crippen LogP contribution in [-0.2, 0) is 4.74 Å². The number of methoxy groups -OCH3 is 1. The number of hydrogen-bond donors (Lipinski definition) is 1. The molecule has 0 bridgehead atoms. The lowest BCUT2D eigenvalue weighted by Crippen LogP contribution is -2.13. The van der Waals surface area contributed by atoms with E-state index in [0.29, 0.717) is 29.2 Å². The fraction of sp³-hybridized carbons (Fsp3) is 0.158. The second-order valence-electron chi connectivity index (χ2n) is 5.30. The standard InChI is InChI=1S/C19H19NO4/c1-13(2)12-24-17-9-5-8-16(11-17)20-18(21)14-6-4-7-15(10-14)19(22)23-3/h4-11H,1,12H2,2-3H3,(H,20,21). The first-order chi connectivity index (χ1) is 11.5. The first kappa shape index (κ1) is 17.3. The Balaban J connectivity index is 2.11. The molecule has 0 fully saturated rings. The minimum Gasteiger partial charge on any atom is -0.489 e. The van der Waals surface area contributed by atoms with Crippen LogP contribution in [0.15, 0.2) is 60.7 Å². The largest absolute Gasteiger partial charge is 0.489 e. The predicted octanol–water partition coefficient (Wildman–Crippen LogP) is 3.68. The molecule has 0 heterocycles. The summed E-state index contributed by atoms with van der Waals surface area (Å²) < 4.78 is 10.2. The van der Waals surface area contributed by atoms with Gasteiger partial charge in [0.25, 0.3) is 5.91 Å². The highest BCUT2D eigenvalue weighted by Crippen LogP contribution is 2.19. The zero-order valence-electron chi connectivity index (χ0n) is 13.7. The van der Waals surface area contributed by atoms with Crippen molar-refractivity contribution in [3.63, 3.8) is 0 Å². The van der Waals surface area contributed by atoms with Crippen molar-refractivity contribution in [1.29, 1.82) is 0 Å². The van der Waals surface area contributed by atoms with Gasteiger partial charge in [-0.2, -0.15) is 0 Å². The molecule has 0 radical (unpaired) electrons. The normalized spacial score (nSPS) is 9.92. The van der Waals surface area contributed by atoms with Crippen LogP contribution < -0.4 is 10.1 Å². The summed E-state index contributed by atoms with van der Waals surface area (Å²) in [6.07, 6.45) is 0. The van der Waals surface area contributed by atoms with Gasteiger partial charge in [-0.3, -0.25) is 4.79 Å². The topological polar surface area (TPSA) is 64.6 Å². The fourth-order valence-electron chi connectivity index (χ4n) is 1.98. The van der Waals surface area contributed by atoms with Gasteiger partial charge in [0.1, 0.15) is 12.4 Å². The van der Waals surface area contributed by atoms with Crippen LogP contribution in [0.25, 0.3) is 0 Å². The molecule has 1 amide bonds. The number of benzene rings is 2. The van der Waals surface area contributed by atoms with E-state index in [1.807, 2.05) is 6.92 Å². The number of ether oxygens (including phenoxy) is 2. The van der Waals surface area contributed by atoms with Gasteiger partial charge < -0.3 is 14.8 Å². The number of nitrogens with one attached hydrogen (secondary N) is 1. The average Bonchev–Trinajstić information content (AvgIpc) is 2.59. The van der Waals surface area contributed by atoms with Gasteiger partial charge >= 0.3 is 5.97 Å². The maximum Gasteiger partial charge on any atom is 0.337 e. The van der Waals surface area contributed by atoms with Gasteiger partial charge in [-0.05, 0) is 42.8 Å². The highest BCUT2D eigenvalue weighted by molar-refractivity contribution is 6.05. The van der Waals surface area contributed by atoms with Gasteiger partial charge in [0.2, 0.25) is 0 Å². The molecule has 0 atom stereocenters. The van der Waals surface area contributed by atoms with Crippen molar-refractivity contribution in [2.24, 2.45) is 0 Å². The Morgan fingerprint density at radius 2 is 1.79 bits per heavy atom. The van der Waals surface area contributed by atoms with Crippen LogP contribution in [0.5, 0.6) is 5.75 Å². The number of esters is 1. The predicted molar refractivity (Wildman–Crippen MR) is 92.5 cm³/mol. The minimum absolute atomic E-state index is 0.321. The van der Waals surface area contributed by atoms with E-state index in [0.717, 1.165) is 5.57 Å². The summed E-state index contributed by atoms with van der Waals surface area (Å²) >= 11 is 0. The lowest BCUT2D eigenvalue weighted by atomic mass is 10.1. The van der Waals surface area contributed by atoms with Crippen molar-refractivity contribution in [3.8, 4) is 5.75 Å². The number of carbonyl (C=O) groups excluding carboxylic acids is 2. The van der Waals surface area contributed by atoms with Crippen LogP contribution in [0.4, 0.5) is 5.69 Å². The highest BCUT2D eigenvalue weighted by Gasteiger charge is 2.11. The summed E-state index contributed by atoms with van der Waals surface area (Å²) in [5, 5.41) is 2.78. The molecule has 0 aromatic heterocycles. The van der Waals surface area contributed by atoms with Crippen molar-refractivity contribution < 1.29 is 19.1 Å². The van der Waals surface area contributed by atoms with E-state index in [2.05, 4.69) is 16.6 Å². The summed E-state index contributed by atoms with van der Waals surface area (Å²) in [4.78, 5) is 23.9. The molecule has 124 valence electrons. The zero-order chi connectivity index (χ0) is 17.5. The quantitative estimate of drug-likeness (QED) is 0.650. The SMILES string of the molecule is C=C(C)COc1cccc(NC(=O)c2cccc(C(=O)OC)c2)c1. The highest BCUT2D eigenvalue weighted by atomic mass is 16.5. The summed E-state index contributed by atoms with van der Waals surface area (Å²) in [6.45, 7) is 6.07. The van der Waals surface area contributed by atoms with Crippen molar-refractivity contribution in [3.05, 3.63) is 71.8 Å². The molecule has 24 heavy (non-hydrogen) atoms. The summed E-state index contributed by atoms with van der Waals surface area (Å²) in [7, 11) is 1.30. The third-order valence-electron chi connectivity index (χ3n) is 3.12. The van der Waals surface area contributed by atoms with Gasteiger partial charge in [0, 0.05) is 17.3 Å². The molecule has 0 spiro atoms. The van der Waals surface area contributed by atoms with Crippen LogP contribution in [0, 0.1) is 0 Å². The Hall–Kier alpha value is -3.08. The molecule has 0 aliphatic carbocycles. The van der Waals surface area contributed by atoms with E-state index >= 15 is 0 Å². The van der Waals surface area contributed by atoms with Gasteiger partial charge in [-0.25, -0.2) is 4.79 Å². The Bertz CT molecular complexity index is 767. The van der Waals surface area contributed by atoms with E-state index in [1.165, 1.54) is 13.2 Å². The number of hydrogen-bond acceptors (Lipinski definition) is 4. The van der Waals surface area contributed by atoms with Crippen LogP contribution in [0.1, 0.15) is 27.6 Å². The Morgan fingerprint density at radius 1 is 1.08 bits per heavy atom. The summed E-state index contributed by atoms with van der Waals surface area (Å²) in [6, 6.07) is 13.4. The van der Waals surface area contributed by atoms with Crippen LogP contribution in [-0.4, -0.2) is 25.6 Å². The first-order valence-electron chi connectivity index (χ1n) is 7.36. The van der Waals surface area contributed by atoms with Crippen LogP contribution >= 0.6 is 0 Å². The number of anilines is 1. The molecule has 0 aliphatic rings. The van der Waals surface area contributed by atoms with E-state index < -0.39 is 5.97 Å². The summed E-state index contributed by atoms with van der Waals surface area (Å²) in [5.74, 6) is -0.170. The second kappa shape index (κ2) is 7.97. The first-order valence-corrected chi connectivity index (χ1v) is 7.36. The molecule has 5 nitrogen and oxygen atoms in total. The number of rotatable bonds is 6. The molecule has 2 rings (SSSR count).